The molecular formula is C17H15N5O2S. The average Bonchev–Trinajstić information content (AvgIpc) is 3.30. The second-order valence-corrected chi connectivity index (χ2v) is 7.21. The summed E-state index contributed by atoms with van der Waals surface area (Å²) in [7, 11) is 0. The molecule has 0 unspecified atom stereocenters. The molecule has 1 saturated carbocycles. The number of carbonyl (C=O) groups is 2. The van der Waals surface area contributed by atoms with E-state index in [4.69, 9.17) is 6.57 Å². The predicted molar refractivity (Wildman–Crippen MR) is 91.0 cm³/mol. The van der Waals surface area contributed by atoms with Gasteiger partial charge in [-0.15, -0.1) is 10.2 Å². The van der Waals surface area contributed by atoms with Gasteiger partial charge >= 0.3 is 17.5 Å². The first-order chi connectivity index (χ1) is 12.1. The van der Waals surface area contributed by atoms with Crippen molar-refractivity contribution in [2.45, 2.75) is 25.0 Å². The van der Waals surface area contributed by atoms with Crippen LogP contribution in [0.1, 0.15) is 17.8 Å². The molecule has 1 aromatic carbocycles. The zero-order valence-corrected chi connectivity index (χ0v) is 14.2. The Morgan fingerprint density at radius 1 is 1.12 bits per heavy atom. The average molecular weight is 353 g/mol. The van der Waals surface area contributed by atoms with Gasteiger partial charge in [0.2, 0.25) is 0 Å². The largest absolute Gasteiger partial charge is 0.326 e. The Hall–Kier alpha value is -2.79. The molecule has 1 saturated heterocycles. The number of carbonyl (C=O) groups excluding carboxylic acids is 2. The first kappa shape index (κ1) is 15.7. The van der Waals surface area contributed by atoms with Crippen LogP contribution in [-0.4, -0.2) is 50.6 Å². The highest BCUT2D eigenvalue weighted by Gasteiger charge is 2.60. The van der Waals surface area contributed by atoms with Gasteiger partial charge in [-0.2, -0.15) is 0 Å². The number of benzene rings is 1. The number of amides is 2. The fraction of sp³-hybridized carbons (Fsp3) is 0.353. The quantitative estimate of drug-likeness (QED) is 0.621. The Balaban J connectivity index is 1.46. The van der Waals surface area contributed by atoms with Crippen LogP contribution in [0.15, 0.2) is 30.3 Å². The molecule has 0 radical (unpaired) electrons. The van der Waals surface area contributed by atoms with Gasteiger partial charge in [-0.3, -0.25) is 19.3 Å². The molecule has 2 fully saturated rings. The van der Waals surface area contributed by atoms with E-state index in [2.05, 4.69) is 15.0 Å². The van der Waals surface area contributed by atoms with Gasteiger partial charge in [-0.05, 0) is 0 Å². The monoisotopic (exact) mass is 353 g/mol. The molecule has 25 heavy (non-hydrogen) atoms. The van der Waals surface area contributed by atoms with E-state index in [9.17, 15) is 9.59 Å². The number of aromatic nitrogens is 2. The Bertz CT molecular complexity index is 869. The van der Waals surface area contributed by atoms with Crippen molar-refractivity contribution in [3.8, 4) is 10.6 Å². The van der Waals surface area contributed by atoms with Crippen molar-refractivity contribution in [2.24, 2.45) is 0 Å². The molecule has 126 valence electrons. The summed E-state index contributed by atoms with van der Waals surface area (Å²) in [5.74, 6) is -1.13. The van der Waals surface area contributed by atoms with Gasteiger partial charge in [0, 0.05) is 18.7 Å². The normalized spacial score (nSPS) is 19.0. The van der Waals surface area contributed by atoms with Crippen molar-refractivity contribution < 1.29 is 9.59 Å². The number of piperazine rings is 1. The van der Waals surface area contributed by atoms with Crippen LogP contribution in [0.2, 0.25) is 0 Å². The Kier molecular flexibility index (Phi) is 3.73. The molecule has 0 bridgehead atoms. The van der Waals surface area contributed by atoms with Crippen LogP contribution < -0.4 is 0 Å². The van der Waals surface area contributed by atoms with Gasteiger partial charge in [-0.1, -0.05) is 41.7 Å². The second-order valence-electron chi connectivity index (χ2n) is 6.14. The molecule has 7 nitrogen and oxygen atoms in total. The maximum Gasteiger partial charge on any atom is 0.318 e. The van der Waals surface area contributed by atoms with E-state index in [1.54, 1.807) is 0 Å². The fourth-order valence-electron chi connectivity index (χ4n) is 2.95. The molecule has 2 amide bonds. The van der Waals surface area contributed by atoms with Crippen LogP contribution in [-0.2, 0) is 16.1 Å². The highest BCUT2D eigenvalue weighted by molar-refractivity contribution is 7.14. The first-order valence-electron chi connectivity index (χ1n) is 8.00. The van der Waals surface area contributed by atoms with Gasteiger partial charge in [0.1, 0.15) is 10.0 Å². The van der Waals surface area contributed by atoms with E-state index in [1.165, 1.54) is 21.1 Å². The SMILES string of the molecule is [C-]#[N+]C1(N2CCN(Cc3nnc(-c4ccccc4)s3)C(=O)C2=O)CC1. The molecule has 0 spiro atoms. The van der Waals surface area contributed by atoms with E-state index in [0.29, 0.717) is 30.9 Å². The molecule has 8 heteroatoms. The van der Waals surface area contributed by atoms with E-state index < -0.39 is 17.5 Å². The van der Waals surface area contributed by atoms with Crippen molar-refractivity contribution in [3.05, 3.63) is 46.8 Å². The summed E-state index contributed by atoms with van der Waals surface area (Å²) in [4.78, 5) is 31.2. The lowest BCUT2D eigenvalue weighted by molar-refractivity contribution is -0.158. The lowest BCUT2D eigenvalue weighted by Gasteiger charge is -2.33. The molecule has 0 atom stereocenters. The zero-order chi connectivity index (χ0) is 17.4. The van der Waals surface area contributed by atoms with Crippen LogP contribution in [0.5, 0.6) is 0 Å². The summed E-state index contributed by atoms with van der Waals surface area (Å²) >= 11 is 1.42. The van der Waals surface area contributed by atoms with E-state index in [0.717, 1.165) is 10.6 Å². The number of hydrogen-bond acceptors (Lipinski definition) is 5. The van der Waals surface area contributed by atoms with Crippen molar-refractivity contribution in [3.63, 3.8) is 0 Å². The summed E-state index contributed by atoms with van der Waals surface area (Å²) in [5.41, 5.74) is 0.216. The summed E-state index contributed by atoms with van der Waals surface area (Å²) < 4.78 is 0. The molecule has 4 rings (SSSR count). The van der Waals surface area contributed by atoms with Crippen molar-refractivity contribution in [1.82, 2.24) is 20.0 Å². The number of hydrogen-bond donors (Lipinski definition) is 0. The fourth-order valence-corrected chi connectivity index (χ4v) is 3.82. The van der Waals surface area contributed by atoms with Crippen LogP contribution >= 0.6 is 11.3 Å². The lowest BCUT2D eigenvalue weighted by Crippen LogP contribution is -2.57. The van der Waals surface area contributed by atoms with Gasteiger partial charge in [-0.25, -0.2) is 6.57 Å². The minimum absolute atomic E-state index is 0.272. The summed E-state index contributed by atoms with van der Waals surface area (Å²) in [6.45, 7) is 8.35. The molecule has 1 aromatic heterocycles. The molecule has 1 aliphatic heterocycles. The summed E-state index contributed by atoms with van der Waals surface area (Å²) in [6.07, 6.45) is 1.32. The third kappa shape index (κ3) is 2.76. The van der Waals surface area contributed by atoms with Crippen LogP contribution in [0.25, 0.3) is 15.4 Å². The molecule has 1 aliphatic carbocycles. The van der Waals surface area contributed by atoms with Crippen LogP contribution in [0.3, 0.4) is 0 Å². The Labute approximate surface area is 148 Å². The van der Waals surface area contributed by atoms with E-state index in [-0.39, 0.29) is 6.54 Å². The molecular weight excluding hydrogens is 338 g/mol. The molecule has 2 aliphatic rings. The zero-order valence-electron chi connectivity index (χ0n) is 13.4. The Morgan fingerprint density at radius 3 is 2.56 bits per heavy atom. The molecule has 2 aromatic rings. The Morgan fingerprint density at radius 2 is 1.88 bits per heavy atom. The third-order valence-corrected chi connectivity index (χ3v) is 5.49. The minimum atomic E-state index is -0.762. The summed E-state index contributed by atoms with van der Waals surface area (Å²) in [6, 6.07) is 9.71. The smallest absolute Gasteiger partial charge is 0.318 e. The topological polar surface area (TPSA) is 70.8 Å². The van der Waals surface area contributed by atoms with Gasteiger partial charge in [0.05, 0.1) is 19.4 Å². The van der Waals surface area contributed by atoms with Gasteiger partial charge in [0.25, 0.3) is 0 Å². The minimum Gasteiger partial charge on any atom is -0.326 e. The maximum absolute atomic E-state index is 12.4. The van der Waals surface area contributed by atoms with Crippen LogP contribution in [0.4, 0.5) is 0 Å². The van der Waals surface area contributed by atoms with Gasteiger partial charge in [0.15, 0.2) is 0 Å². The molecule has 0 N–H and O–H groups in total. The van der Waals surface area contributed by atoms with E-state index in [1.807, 2.05) is 30.3 Å². The molecule has 2 heterocycles. The highest BCUT2D eigenvalue weighted by Crippen LogP contribution is 2.44. The second kappa shape index (κ2) is 5.93. The van der Waals surface area contributed by atoms with Crippen molar-refractivity contribution in [1.29, 1.82) is 0 Å². The third-order valence-electron chi connectivity index (χ3n) is 4.53. The predicted octanol–water partition coefficient (Wildman–Crippen LogP) is 1.79. The lowest BCUT2D eigenvalue weighted by atomic mass is 10.2. The standard InChI is InChI=1S/C17H15N5O2S/c1-18-17(7-8-17)22-10-9-21(15(23)16(22)24)11-13-19-20-14(25-13)12-5-3-2-4-6-12/h2-6H,7-11H2. The van der Waals surface area contributed by atoms with E-state index >= 15 is 0 Å². The van der Waals surface area contributed by atoms with Crippen LogP contribution in [0, 0.1) is 6.57 Å². The highest BCUT2D eigenvalue weighted by atomic mass is 32.1. The summed E-state index contributed by atoms with van der Waals surface area (Å²) in [5, 5.41) is 9.80. The number of rotatable bonds is 4. The van der Waals surface area contributed by atoms with Crippen molar-refractivity contribution in [2.75, 3.05) is 13.1 Å². The maximum atomic E-state index is 12.4. The number of nitrogens with zero attached hydrogens (tertiary/aromatic N) is 5. The first-order valence-corrected chi connectivity index (χ1v) is 8.82. The van der Waals surface area contributed by atoms with Gasteiger partial charge < -0.3 is 4.90 Å². The van der Waals surface area contributed by atoms with Crippen molar-refractivity contribution >= 4 is 23.2 Å².